The number of carboxylic acid groups (broad SMARTS) is 1. The van der Waals surface area contributed by atoms with E-state index in [0.717, 1.165) is 4.90 Å². The fourth-order valence-corrected chi connectivity index (χ4v) is 2.32. The largest absolute Gasteiger partial charge is 0.465 e. The van der Waals surface area contributed by atoms with Gasteiger partial charge in [-0.2, -0.15) is 0 Å². The van der Waals surface area contributed by atoms with Crippen LogP contribution < -0.4 is 5.32 Å². The third kappa shape index (κ3) is 2.01. The Morgan fingerprint density at radius 1 is 1.53 bits per heavy atom. The average molecular weight is 243 g/mol. The number of carbonyl (C=O) groups is 1. The van der Waals surface area contributed by atoms with E-state index >= 15 is 0 Å². The van der Waals surface area contributed by atoms with Gasteiger partial charge in [-0.15, -0.1) is 12.4 Å². The lowest BCUT2D eigenvalue weighted by Crippen LogP contribution is -2.47. The highest BCUT2D eigenvalue weighted by molar-refractivity contribution is 5.85. The lowest BCUT2D eigenvalue weighted by molar-refractivity contribution is -0.0325. The van der Waals surface area contributed by atoms with Gasteiger partial charge in [0.05, 0.1) is 12.5 Å². The average Bonchev–Trinajstić information content (AvgIpc) is 2.40. The fourth-order valence-electron chi connectivity index (χ4n) is 2.32. The number of piperidine rings is 1. The molecule has 0 saturated carbocycles. The maximum Gasteiger partial charge on any atom is 0.407 e. The Morgan fingerprint density at radius 2 is 2.20 bits per heavy atom. The van der Waals surface area contributed by atoms with Crippen LogP contribution in [-0.2, 0) is 0 Å². The monoisotopic (exact) mass is 242 g/mol. The molecule has 0 aromatic heterocycles. The zero-order chi connectivity index (χ0) is 10.3. The maximum atomic E-state index is 13.3. The Morgan fingerprint density at radius 3 is 2.80 bits per heavy atom. The number of hydrogen-bond donors (Lipinski definition) is 2. The number of fused-ring (bicyclic) bond motifs is 1. The van der Waals surface area contributed by atoms with Gasteiger partial charge in [0.25, 0.3) is 5.92 Å². The number of hydrogen-bond acceptors (Lipinski definition) is 2. The van der Waals surface area contributed by atoms with Crippen molar-refractivity contribution in [3.8, 4) is 0 Å². The zero-order valence-electron chi connectivity index (χ0n) is 7.95. The smallest absolute Gasteiger partial charge is 0.407 e. The summed E-state index contributed by atoms with van der Waals surface area (Å²) < 4.78 is 26.7. The summed E-state index contributed by atoms with van der Waals surface area (Å²) in [5, 5.41) is 11.6. The molecule has 88 valence electrons. The summed E-state index contributed by atoms with van der Waals surface area (Å²) >= 11 is 0. The van der Waals surface area contributed by atoms with Crippen LogP contribution in [0.15, 0.2) is 0 Å². The van der Waals surface area contributed by atoms with Crippen LogP contribution in [0.4, 0.5) is 13.6 Å². The minimum Gasteiger partial charge on any atom is -0.465 e. The van der Waals surface area contributed by atoms with E-state index in [1.165, 1.54) is 0 Å². The number of nitrogens with one attached hydrogen (secondary N) is 1. The normalized spacial score (nSPS) is 33.1. The van der Waals surface area contributed by atoms with Crippen LogP contribution in [0.5, 0.6) is 0 Å². The van der Waals surface area contributed by atoms with E-state index in [2.05, 4.69) is 5.32 Å². The van der Waals surface area contributed by atoms with E-state index in [-0.39, 0.29) is 19.0 Å². The molecule has 2 heterocycles. The first-order valence-corrected chi connectivity index (χ1v) is 4.60. The number of alkyl halides is 2. The number of likely N-dealkylation sites (tertiary alicyclic amines) is 1. The lowest BCUT2D eigenvalue weighted by atomic mass is 9.92. The number of amides is 1. The van der Waals surface area contributed by atoms with Crippen molar-refractivity contribution in [2.45, 2.75) is 18.4 Å². The van der Waals surface area contributed by atoms with E-state index < -0.39 is 30.5 Å². The number of rotatable bonds is 0. The summed E-state index contributed by atoms with van der Waals surface area (Å²) in [5.41, 5.74) is 0. The molecule has 2 unspecified atom stereocenters. The highest BCUT2D eigenvalue weighted by Gasteiger charge is 2.56. The Balaban J connectivity index is 0.00000112. The molecule has 15 heavy (non-hydrogen) atoms. The zero-order valence-corrected chi connectivity index (χ0v) is 8.77. The molecule has 0 aromatic rings. The first kappa shape index (κ1) is 12.4. The summed E-state index contributed by atoms with van der Waals surface area (Å²) in [4.78, 5) is 11.6. The number of nitrogens with zero attached hydrogens (tertiary/aromatic N) is 1. The molecule has 2 atom stereocenters. The molecule has 2 saturated heterocycles. The lowest BCUT2D eigenvalue weighted by Gasteiger charge is -2.30. The van der Waals surface area contributed by atoms with Crippen molar-refractivity contribution in [2.24, 2.45) is 5.92 Å². The van der Waals surface area contributed by atoms with Gasteiger partial charge < -0.3 is 10.4 Å². The first-order chi connectivity index (χ1) is 6.52. The molecule has 1 amide bonds. The van der Waals surface area contributed by atoms with Crippen molar-refractivity contribution in [1.29, 1.82) is 0 Å². The quantitative estimate of drug-likeness (QED) is 0.667. The molecule has 2 N–H and O–H groups in total. The van der Waals surface area contributed by atoms with Crippen LogP contribution in [0.2, 0.25) is 0 Å². The molecule has 0 radical (unpaired) electrons. The summed E-state index contributed by atoms with van der Waals surface area (Å²) in [5.74, 6) is -3.73. The summed E-state index contributed by atoms with van der Waals surface area (Å²) in [6.07, 6.45) is -0.758. The van der Waals surface area contributed by atoms with Crippen molar-refractivity contribution in [3.63, 3.8) is 0 Å². The second-order valence-electron chi connectivity index (χ2n) is 3.84. The summed E-state index contributed by atoms with van der Waals surface area (Å²) in [6.45, 7) is 0.168. The van der Waals surface area contributed by atoms with E-state index in [9.17, 15) is 13.6 Å². The topological polar surface area (TPSA) is 52.6 Å². The van der Waals surface area contributed by atoms with Gasteiger partial charge in [0.1, 0.15) is 0 Å². The second-order valence-corrected chi connectivity index (χ2v) is 3.84. The maximum absolute atomic E-state index is 13.3. The Kier molecular flexibility index (Phi) is 3.40. The highest BCUT2D eigenvalue weighted by atomic mass is 35.5. The minimum absolute atomic E-state index is 0. The molecule has 0 aromatic carbocycles. The third-order valence-corrected chi connectivity index (χ3v) is 3.02. The predicted octanol–water partition coefficient (Wildman–Crippen LogP) is 1.02. The van der Waals surface area contributed by atoms with Gasteiger partial charge in [-0.1, -0.05) is 0 Å². The SMILES string of the molecule is Cl.O=C(O)N1CC(F)(F)C2CNCCC21. The van der Waals surface area contributed by atoms with Crippen LogP contribution in [-0.4, -0.2) is 47.7 Å². The van der Waals surface area contributed by atoms with Gasteiger partial charge in [-0.3, -0.25) is 4.90 Å². The summed E-state index contributed by atoms with van der Waals surface area (Å²) in [6, 6.07) is -0.510. The molecule has 2 rings (SSSR count). The van der Waals surface area contributed by atoms with Crippen LogP contribution in [0.1, 0.15) is 6.42 Å². The molecule has 0 bridgehead atoms. The van der Waals surface area contributed by atoms with E-state index in [4.69, 9.17) is 5.11 Å². The van der Waals surface area contributed by atoms with Crippen LogP contribution in [0.3, 0.4) is 0 Å². The molecule has 4 nitrogen and oxygen atoms in total. The van der Waals surface area contributed by atoms with Crippen molar-refractivity contribution >= 4 is 18.5 Å². The number of halogens is 3. The van der Waals surface area contributed by atoms with Crippen molar-refractivity contribution in [1.82, 2.24) is 10.2 Å². The highest BCUT2D eigenvalue weighted by Crippen LogP contribution is 2.40. The Bertz CT molecular complexity index is 265. The molecule has 2 aliphatic rings. The van der Waals surface area contributed by atoms with Gasteiger partial charge in [0.2, 0.25) is 0 Å². The molecular formula is C8H13ClF2N2O2. The van der Waals surface area contributed by atoms with Gasteiger partial charge in [-0.25, -0.2) is 13.6 Å². The molecule has 0 aliphatic carbocycles. The molecule has 2 aliphatic heterocycles. The van der Waals surface area contributed by atoms with Gasteiger partial charge in [-0.05, 0) is 13.0 Å². The Labute approximate surface area is 92.0 Å². The molecule has 7 heteroatoms. The summed E-state index contributed by atoms with van der Waals surface area (Å²) in [7, 11) is 0. The second kappa shape index (κ2) is 4.09. The van der Waals surface area contributed by atoms with Crippen LogP contribution in [0, 0.1) is 5.92 Å². The van der Waals surface area contributed by atoms with E-state index in [1.807, 2.05) is 0 Å². The fraction of sp³-hybridized carbons (Fsp3) is 0.875. The third-order valence-electron chi connectivity index (χ3n) is 3.02. The van der Waals surface area contributed by atoms with Crippen molar-refractivity contribution in [2.75, 3.05) is 19.6 Å². The molecule has 2 fully saturated rings. The van der Waals surface area contributed by atoms with Crippen molar-refractivity contribution < 1.29 is 18.7 Å². The van der Waals surface area contributed by atoms with E-state index in [0.29, 0.717) is 13.0 Å². The first-order valence-electron chi connectivity index (χ1n) is 4.60. The predicted molar refractivity (Wildman–Crippen MR) is 51.7 cm³/mol. The van der Waals surface area contributed by atoms with Crippen LogP contribution >= 0.6 is 12.4 Å². The molecular weight excluding hydrogens is 230 g/mol. The van der Waals surface area contributed by atoms with Gasteiger partial charge >= 0.3 is 6.09 Å². The standard InChI is InChI=1S/C8H12F2N2O2.ClH/c9-8(10)4-12(7(13)14)6-1-2-11-3-5(6)8;/h5-6,11H,1-4H2,(H,13,14);1H. The minimum atomic E-state index is -2.88. The van der Waals surface area contributed by atoms with Crippen LogP contribution in [0.25, 0.3) is 0 Å². The van der Waals surface area contributed by atoms with Gasteiger partial charge in [0.15, 0.2) is 0 Å². The van der Waals surface area contributed by atoms with Gasteiger partial charge in [0, 0.05) is 12.6 Å². The molecule has 0 spiro atoms. The van der Waals surface area contributed by atoms with Crippen molar-refractivity contribution in [3.05, 3.63) is 0 Å². The Hall–Kier alpha value is -0.620. The van der Waals surface area contributed by atoms with E-state index in [1.54, 1.807) is 0 Å².